The third-order valence-electron chi connectivity index (χ3n) is 24.9. The lowest BCUT2D eigenvalue weighted by Gasteiger charge is -2.32. The summed E-state index contributed by atoms with van der Waals surface area (Å²) in [5.41, 5.74) is 5.37. The number of nitrogens with one attached hydrogen (secondary N) is 7. The number of aromatic nitrogens is 10. The zero-order valence-electron chi connectivity index (χ0n) is 80.3. The third kappa shape index (κ3) is 24.9. The van der Waals surface area contributed by atoms with E-state index in [0.717, 1.165) is 46.4 Å². The lowest BCUT2D eigenvalue weighted by molar-refractivity contribution is -0.128. The number of amides is 5. The van der Waals surface area contributed by atoms with Crippen LogP contribution in [0.2, 0.25) is 40.2 Å². The molecule has 4 aliphatic rings. The van der Waals surface area contributed by atoms with Gasteiger partial charge in [-0.05, 0) is 79.6 Å². The predicted octanol–water partition coefficient (Wildman–Crippen LogP) is 18.6. The number of urea groups is 2. The second kappa shape index (κ2) is 49.2. The molecule has 43 heteroatoms. The normalized spacial score (nSPS) is 17.2. The van der Waals surface area contributed by atoms with E-state index in [9.17, 15) is 33.6 Å². The van der Waals surface area contributed by atoms with Crippen molar-refractivity contribution >= 4 is 201 Å². The average molecular weight is 2120 g/mol. The number of ether oxygens (including phenoxy) is 8. The number of carbonyl (C=O) groups is 7. The minimum absolute atomic E-state index is 0.0231. The van der Waals surface area contributed by atoms with Crippen LogP contribution in [-0.2, 0) is 24.0 Å². The highest BCUT2D eigenvalue weighted by Gasteiger charge is 2.40. The Kier molecular flexibility index (Phi) is 36.8. The number of pyridine rings is 6. The number of ketones is 4. The highest BCUT2D eigenvalue weighted by molar-refractivity contribution is 6.43. The molecule has 4 aromatic carbocycles. The number of rotatable bonds is 32. The predicted molar refractivity (Wildman–Crippen MR) is 563 cm³/mol. The Bertz CT molecular complexity index is 6620. The first kappa shape index (κ1) is 108. The van der Waals surface area contributed by atoms with Crippen molar-refractivity contribution in [2.75, 3.05) is 145 Å². The molecule has 8 atom stereocenters. The van der Waals surface area contributed by atoms with Crippen molar-refractivity contribution in [2.45, 2.75) is 63.2 Å². The molecular weight excluding hydrogens is 2020 g/mol. The molecule has 4 fully saturated rings. The van der Waals surface area contributed by atoms with Crippen LogP contribution in [0.3, 0.4) is 0 Å². The number of likely N-dealkylation sites (tertiary alicyclic amines) is 3. The van der Waals surface area contributed by atoms with E-state index in [2.05, 4.69) is 113 Å². The number of nitrogens with zero attached hydrogens (tertiary/aromatic N) is 13. The standard InChI is InChI=1S/C26H27Cl2N5O4.C26H26Cl2N4O4.C25H26Cl2N6O4.C24H25Cl2N5O3/c1-5-17(34)6-16-12-33(26(35)29-2)13-19(16)32-22-8-15-10-30-18(7-14(15)11-31-22)23-24(27)20(36-3)9-21(37-4)25(23)28;1-5-18(34)6-17-12-32(14(2)33)13-20(17)31-23-8-16-10-29-19(7-15(16)11-30-23)24-25(27)21(35-3)9-22(36-4)26(24)28;1-5-15(34)6-14-11-33(25(35)28-2)12-18(14)32-24-30-9-13-7-16(29-10-17(13)31-24)21-22(26)19(36-3)8-20(37-4)23(21)27;1-4-15(32)7-13-5-6-27-11-17(13)30-24-29-10-14-8-16(28-12-18(14)31-24)21-22(25)19(33-2)9-20(34-3)23(21)26/h5,7-11,16,19H,1,6,12-13H2,2-4H3,(H,29,35)(H,31,32);5,7-11,17,20H,1,6,12-13H2,2-4H3,(H,30,31);5,7-10,14,18H,1,6,11-12H2,2-4H3,(H,28,35)(H,30,31,32);4,8-10,12-13,17,27H,1,5-7,11H2,2-3H3,(H,29,30,31)/t16-,19+;17-,20+;14-,18+;13-,17-/m0001/s1. The van der Waals surface area contributed by atoms with Crippen LogP contribution in [0.25, 0.3) is 88.4 Å². The molecule has 7 N–H and O–H groups in total. The molecule has 0 spiro atoms. The number of hydrogen-bond acceptors (Lipinski definition) is 30. The number of piperidine rings is 1. The Labute approximate surface area is 870 Å². The van der Waals surface area contributed by atoms with Crippen LogP contribution in [0.5, 0.6) is 46.0 Å². The molecule has 16 rings (SSSR count). The van der Waals surface area contributed by atoms with E-state index >= 15 is 0 Å². The maximum atomic E-state index is 12.2. The number of methoxy groups -OCH3 is 8. The van der Waals surface area contributed by atoms with Crippen molar-refractivity contribution in [3.63, 3.8) is 0 Å². The van der Waals surface area contributed by atoms with Gasteiger partial charge in [0.15, 0.2) is 23.1 Å². The van der Waals surface area contributed by atoms with Crippen molar-refractivity contribution in [2.24, 2.45) is 23.7 Å². The van der Waals surface area contributed by atoms with Gasteiger partial charge in [0, 0.05) is 232 Å². The van der Waals surface area contributed by atoms with Gasteiger partial charge in [0.25, 0.3) is 0 Å². The Morgan fingerprint density at radius 3 is 0.931 bits per heavy atom. The maximum Gasteiger partial charge on any atom is 0.317 e. The molecule has 12 heterocycles. The number of halogens is 8. The van der Waals surface area contributed by atoms with Crippen molar-refractivity contribution < 1.29 is 71.5 Å². The molecule has 5 amide bonds. The van der Waals surface area contributed by atoms with Gasteiger partial charge in [-0.2, -0.15) is 0 Å². The molecular formula is C101H104Cl8N20O15. The van der Waals surface area contributed by atoms with Crippen LogP contribution in [0.15, 0.2) is 161 Å². The van der Waals surface area contributed by atoms with Gasteiger partial charge in [0.1, 0.15) is 57.6 Å². The van der Waals surface area contributed by atoms with E-state index in [1.54, 1.807) is 109 Å². The molecule has 12 aromatic rings. The number of hydrogen-bond donors (Lipinski definition) is 7. The minimum Gasteiger partial charge on any atom is -0.495 e. The number of carbonyl (C=O) groups excluding carboxylic acids is 7. The van der Waals surface area contributed by atoms with Gasteiger partial charge in [0.05, 0.1) is 161 Å². The van der Waals surface area contributed by atoms with Gasteiger partial charge < -0.3 is 89.8 Å². The Morgan fingerprint density at radius 2 is 0.618 bits per heavy atom. The van der Waals surface area contributed by atoms with Gasteiger partial charge in [-0.15, -0.1) is 0 Å². The molecule has 0 aliphatic carbocycles. The van der Waals surface area contributed by atoms with Crippen LogP contribution in [-0.4, -0.2) is 253 Å². The van der Waals surface area contributed by atoms with Crippen LogP contribution < -0.4 is 75.1 Å². The third-order valence-corrected chi connectivity index (χ3v) is 27.9. The van der Waals surface area contributed by atoms with Crippen LogP contribution in [0, 0.1) is 23.7 Å². The van der Waals surface area contributed by atoms with Crippen molar-refractivity contribution in [1.82, 2.24) is 80.5 Å². The zero-order valence-corrected chi connectivity index (χ0v) is 86.3. The van der Waals surface area contributed by atoms with E-state index in [0.29, 0.717) is 230 Å². The number of fused-ring (bicyclic) bond motifs is 4. The highest BCUT2D eigenvalue weighted by atomic mass is 35.5. The van der Waals surface area contributed by atoms with Crippen molar-refractivity contribution in [3.8, 4) is 91.0 Å². The smallest absolute Gasteiger partial charge is 0.317 e. The average Bonchev–Trinajstić information content (AvgIpc) is 0.793. The van der Waals surface area contributed by atoms with Gasteiger partial charge in [-0.3, -0.25) is 43.9 Å². The van der Waals surface area contributed by atoms with Gasteiger partial charge in [0.2, 0.25) is 17.8 Å². The highest BCUT2D eigenvalue weighted by Crippen LogP contribution is 2.51. The van der Waals surface area contributed by atoms with Crippen LogP contribution in [0.4, 0.5) is 33.1 Å². The molecule has 4 saturated heterocycles. The SMILES string of the molecule is C=CC(=O)C[C@H]1CCNC[C@H]1Nc1ncc2cc(-c3c(Cl)c(OC)cc(OC)c3Cl)ncc2n1.C=CC(=O)C[C@H]1CN(C(=O)NC)C[C@H]1Nc1cc2cnc(-c3c(Cl)c(OC)cc(OC)c3Cl)cc2cn1.C=CC(=O)C[C@H]1CN(C(=O)NC)C[C@H]1Nc1ncc2cc(-c3c(Cl)c(OC)cc(OC)c3Cl)ncc2n1.C=CC(=O)C[C@H]1CN(C(C)=O)C[C@H]1Nc1cc2cnc(-c3c(Cl)c(OC)cc(OC)c3Cl)cc2cn1. The molecule has 754 valence electrons. The van der Waals surface area contributed by atoms with Crippen molar-refractivity contribution in [3.05, 3.63) is 201 Å². The minimum atomic E-state index is -0.215. The Hall–Kier alpha value is -13.5. The molecule has 0 unspecified atom stereocenters. The molecule has 0 saturated carbocycles. The van der Waals surface area contributed by atoms with E-state index in [1.165, 1.54) is 88.1 Å². The van der Waals surface area contributed by atoms with Crippen LogP contribution >= 0.6 is 92.8 Å². The topological polar surface area (TPSA) is 416 Å². The quantitative estimate of drug-likeness (QED) is 0.0193. The van der Waals surface area contributed by atoms with E-state index < -0.39 is 0 Å². The molecule has 8 aromatic heterocycles. The van der Waals surface area contributed by atoms with E-state index in [1.807, 2.05) is 30.3 Å². The Balaban J connectivity index is 0.000000161. The van der Waals surface area contributed by atoms with Crippen molar-refractivity contribution in [1.29, 1.82) is 0 Å². The molecule has 144 heavy (non-hydrogen) atoms. The maximum absolute atomic E-state index is 12.2. The number of allylic oxidation sites excluding steroid dienone is 4. The fourth-order valence-corrected chi connectivity index (χ4v) is 20.0. The van der Waals surface area contributed by atoms with Gasteiger partial charge in [-0.1, -0.05) is 119 Å². The largest absolute Gasteiger partial charge is 0.495 e. The summed E-state index contributed by atoms with van der Waals surface area (Å²) < 4.78 is 42.9. The summed E-state index contributed by atoms with van der Waals surface area (Å²) in [6.07, 6.45) is 21.0. The van der Waals surface area contributed by atoms with E-state index in [4.69, 9.17) is 131 Å². The molecule has 4 aliphatic heterocycles. The lowest BCUT2D eigenvalue weighted by atomic mass is 9.88. The summed E-state index contributed by atoms with van der Waals surface area (Å²) in [7, 11) is 15.3. The molecule has 0 radical (unpaired) electrons. The fraction of sp³-hybridized carbons (Fsp3) is 0.317. The first-order chi connectivity index (χ1) is 69.3. The Morgan fingerprint density at radius 1 is 0.347 bits per heavy atom. The monoisotopic (exact) mass is 2120 g/mol. The second-order valence-electron chi connectivity index (χ2n) is 33.6. The summed E-state index contributed by atoms with van der Waals surface area (Å²) in [6.45, 7) is 20.1. The van der Waals surface area contributed by atoms with Gasteiger partial charge in [-0.25, -0.2) is 39.5 Å². The summed E-state index contributed by atoms with van der Waals surface area (Å²) in [5.74, 6) is 5.21. The zero-order chi connectivity index (χ0) is 104. The van der Waals surface area contributed by atoms with Crippen LogP contribution in [0.1, 0.15) is 39.0 Å². The summed E-state index contributed by atoms with van der Waals surface area (Å²) in [5, 5.41) is 29.5. The number of benzene rings is 4. The molecule has 0 bridgehead atoms. The molecule has 35 nitrogen and oxygen atoms in total. The summed E-state index contributed by atoms with van der Waals surface area (Å²) in [4.78, 5) is 135. The van der Waals surface area contributed by atoms with E-state index in [-0.39, 0.29) is 95.4 Å². The van der Waals surface area contributed by atoms with Gasteiger partial charge >= 0.3 is 12.1 Å². The second-order valence-corrected chi connectivity index (χ2v) is 36.7. The first-order valence-corrected chi connectivity index (χ1v) is 48.1. The first-order valence-electron chi connectivity index (χ1n) is 45.0. The lowest BCUT2D eigenvalue weighted by Crippen LogP contribution is -2.46. The summed E-state index contributed by atoms with van der Waals surface area (Å²) in [6, 6.07) is 16.7. The summed E-state index contributed by atoms with van der Waals surface area (Å²) >= 11 is 52.4. The fourth-order valence-electron chi connectivity index (χ4n) is 17.3. The number of anilines is 4.